The molecule has 7 heteroatoms. The summed E-state index contributed by atoms with van der Waals surface area (Å²) in [7, 11) is 1.44. The number of hydrogen-bond acceptors (Lipinski definition) is 5. The lowest BCUT2D eigenvalue weighted by molar-refractivity contribution is -0.385. The molecule has 2 N–H and O–H groups in total. The SMILES string of the molecule is COc1c(CC(C2CC2)C(C)(C)OC(N)=O)cc(C(C)(C)C)cc1[N+](=O)[O-]. The summed E-state index contributed by atoms with van der Waals surface area (Å²) in [6.07, 6.45) is 1.78. The summed E-state index contributed by atoms with van der Waals surface area (Å²) in [5.74, 6) is 0.656. The van der Waals surface area contributed by atoms with Crippen LogP contribution in [0.25, 0.3) is 0 Å². The zero-order chi connectivity index (χ0) is 20.6. The molecule has 0 aromatic heterocycles. The number of nitro groups is 1. The molecule has 0 radical (unpaired) electrons. The molecule has 0 aliphatic heterocycles. The summed E-state index contributed by atoms with van der Waals surface area (Å²) in [6, 6.07) is 3.56. The number of amides is 1. The summed E-state index contributed by atoms with van der Waals surface area (Å²) in [5, 5.41) is 11.6. The van der Waals surface area contributed by atoms with Gasteiger partial charge in [0.15, 0.2) is 5.75 Å². The maximum absolute atomic E-state index is 11.6. The third-order valence-electron chi connectivity index (χ3n) is 5.30. The number of nitro benzene ring substituents is 1. The van der Waals surface area contributed by atoms with E-state index in [1.54, 1.807) is 6.07 Å². The molecular weight excluding hydrogens is 348 g/mol. The normalized spacial score (nSPS) is 15.9. The smallest absolute Gasteiger partial charge is 0.405 e. The van der Waals surface area contributed by atoms with Crippen molar-refractivity contribution in [3.8, 4) is 5.75 Å². The Kier molecular flexibility index (Phi) is 5.73. The number of benzene rings is 1. The fourth-order valence-corrected chi connectivity index (χ4v) is 3.68. The van der Waals surface area contributed by atoms with E-state index in [-0.39, 0.29) is 22.8 Å². The molecule has 0 spiro atoms. The predicted molar refractivity (Wildman–Crippen MR) is 103 cm³/mol. The third kappa shape index (κ3) is 4.90. The minimum Gasteiger partial charge on any atom is -0.490 e. The molecule has 7 nitrogen and oxygen atoms in total. The minimum atomic E-state index is -0.813. The molecule has 2 rings (SSSR count). The van der Waals surface area contributed by atoms with Gasteiger partial charge in [0, 0.05) is 17.5 Å². The van der Waals surface area contributed by atoms with Crippen molar-refractivity contribution in [3.05, 3.63) is 33.4 Å². The van der Waals surface area contributed by atoms with Gasteiger partial charge >= 0.3 is 11.8 Å². The van der Waals surface area contributed by atoms with E-state index in [9.17, 15) is 14.9 Å². The molecular formula is C20H30N2O5. The summed E-state index contributed by atoms with van der Waals surface area (Å²) in [5.41, 5.74) is 5.82. The number of nitrogens with two attached hydrogens (primary N) is 1. The monoisotopic (exact) mass is 378 g/mol. The highest BCUT2D eigenvalue weighted by molar-refractivity contribution is 5.65. The molecule has 1 amide bonds. The van der Waals surface area contributed by atoms with Gasteiger partial charge in [-0.05, 0) is 50.0 Å². The lowest BCUT2D eigenvalue weighted by atomic mass is 9.79. The average Bonchev–Trinajstić information content (AvgIpc) is 3.33. The summed E-state index contributed by atoms with van der Waals surface area (Å²) in [4.78, 5) is 22.6. The topological polar surface area (TPSA) is 105 Å². The molecule has 1 unspecified atom stereocenters. The second kappa shape index (κ2) is 7.37. The Balaban J connectivity index is 2.53. The van der Waals surface area contributed by atoms with Gasteiger partial charge in [-0.2, -0.15) is 0 Å². The van der Waals surface area contributed by atoms with Gasteiger partial charge in [0.2, 0.25) is 0 Å². The first kappa shape index (κ1) is 21.0. The number of hydrogen-bond donors (Lipinski definition) is 1. The zero-order valence-corrected chi connectivity index (χ0v) is 17.0. The average molecular weight is 378 g/mol. The second-order valence-corrected chi connectivity index (χ2v) is 8.87. The van der Waals surface area contributed by atoms with Gasteiger partial charge in [0.1, 0.15) is 5.60 Å². The highest BCUT2D eigenvalue weighted by atomic mass is 16.6. The number of ether oxygens (including phenoxy) is 2. The molecule has 1 fully saturated rings. The molecule has 0 bridgehead atoms. The first-order chi connectivity index (χ1) is 12.4. The Morgan fingerprint density at radius 2 is 1.89 bits per heavy atom. The molecule has 27 heavy (non-hydrogen) atoms. The van der Waals surface area contributed by atoms with Gasteiger partial charge < -0.3 is 15.2 Å². The lowest BCUT2D eigenvalue weighted by Gasteiger charge is -2.34. The van der Waals surface area contributed by atoms with Crippen LogP contribution in [0.15, 0.2) is 12.1 Å². The van der Waals surface area contributed by atoms with E-state index in [0.29, 0.717) is 12.3 Å². The molecule has 1 aliphatic carbocycles. The molecule has 1 aliphatic rings. The molecule has 0 heterocycles. The van der Waals surface area contributed by atoms with Crippen LogP contribution in [0.1, 0.15) is 58.6 Å². The Hall–Kier alpha value is -2.31. The first-order valence-corrected chi connectivity index (χ1v) is 9.21. The van der Waals surface area contributed by atoms with Crippen LogP contribution in [0.2, 0.25) is 0 Å². The van der Waals surface area contributed by atoms with E-state index in [1.165, 1.54) is 7.11 Å². The summed E-state index contributed by atoms with van der Waals surface area (Å²) in [6.45, 7) is 9.73. The van der Waals surface area contributed by atoms with E-state index in [2.05, 4.69) is 0 Å². The Labute approximate surface area is 160 Å². The van der Waals surface area contributed by atoms with Crippen molar-refractivity contribution in [2.75, 3.05) is 7.11 Å². The third-order valence-corrected chi connectivity index (χ3v) is 5.30. The van der Waals surface area contributed by atoms with Crippen LogP contribution in [0, 0.1) is 22.0 Å². The number of carbonyl (C=O) groups excluding carboxylic acids is 1. The van der Waals surface area contributed by atoms with Crippen LogP contribution < -0.4 is 10.5 Å². The van der Waals surface area contributed by atoms with Gasteiger partial charge in [-0.1, -0.05) is 26.8 Å². The van der Waals surface area contributed by atoms with Crippen molar-refractivity contribution in [2.24, 2.45) is 17.6 Å². The fraction of sp³-hybridized carbons (Fsp3) is 0.650. The van der Waals surface area contributed by atoms with Gasteiger partial charge in [0.05, 0.1) is 12.0 Å². The Bertz CT molecular complexity index is 733. The van der Waals surface area contributed by atoms with Crippen LogP contribution in [0.5, 0.6) is 5.75 Å². The minimum absolute atomic E-state index is 0.00581. The first-order valence-electron chi connectivity index (χ1n) is 9.21. The summed E-state index contributed by atoms with van der Waals surface area (Å²) < 4.78 is 10.8. The van der Waals surface area contributed by atoms with Crippen LogP contribution in [-0.2, 0) is 16.6 Å². The quantitative estimate of drug-likeness (QED) is 0.561. The molecule has 150 valence electrons. The molecule has 1 aromatic rings. The van der Waals surface area contributed by atoms with Gasteiger partial charge in [-0.3, -0.25) is 10.1 Å². The van der Waals surface area contributed by atoms with Crippen molar-refractivity contribution in [2.45, 2.75) is 64.9 Å². The van der Waals surface area contributed by atoms with Crippen molar-refractivity contribution in [3.63, 3.8) is 0 Å². The van der Waals surface area contributed by atoms with Crippen LogP contribution >= 0.6 is 0 Å². The van der Waals surface area contributed by atoms with Crippen LogP contribution in [0.4, 0.5) is 10.5 Å². The standard InChI is InChI=1S/C20H30N2O5/c1-19(2,3)14-9-13(17(26-6)16(11-14)22(24)25)10-15(12-7-8-12)20(4,5)27-18(21)23/h9,11-12,15H,7-8,10H2,1-6H3,(H2,21,23). The van der Waals surface area contributed by atoms with E-state index in [1.807, 2.05) is 40.7 Å². The molecule has 1 atom stereocenters. The molecule has 0 saturated heterocycles. The van der Waals surface area contributed by atoms with E-state index < -0.39 is 16.6 Å². The summed E-state index contributed by atoms with van der Waals surface area (Å²) >= 11 is 0. The number of primary amides is 1. The highest BCUT2D eigenvalue weighted by Gasteiger charge is 2.44. The Morgan fingerprint density at radius 1 is 1.30 bits per heavy atom. The second-order valence-electron chi connectivity index (χ2n) is 8.87. The highest BCUT2D eigenvalue weighted by Crippen LogP contribution is 2.47. The number of methoxy groups -OCH3 is 1. The Morgan fingerprint density at radius 3 is 2.30 bits per heavy atom. The van der Waals surface area contributed by atoms with E-state index >= 15 is 0 Å². The van der Waals surface area contributed by atoms with Crippen molar-refractivity contribution in [1.82, 2.24) is 0 Å². The number of rotatable bonds is 7. The van der Waals surface area contributed by atoms with Crippen molar-refractivity contribution in [1.29, 1.82) is 0 Å². The molecule has 1 saturated carbocycles. The van der Waals surface area contributed by atoms with Crippen molar-refractivity contribution < 1.29 is 19.2 Å². The van der Waals surface area contributed by atoms with Crippen LogP contribution in [-0.4, -0.2) is 23.7 Å². The fourth-order valence-electron chi connectivity index (χ4n) is 3.68. The van der Waals surface area contributed by atoms with Crippen LogP contribution in [0.3, 0.4) is 0 Å². The van der Waals surface area contributed by atoms with Gasteiger partial charge in [-0.15, -0.1) is 0 Å². The van der Waals surface area contributed by atoms with E-state index in [0.717, 1.165) is 24.0 Å². The zero-order valence-electron chi connectivity index (χ0n) is 17.0. The molecule has 1 aromatic carbocycles. The van der Waals surface area contributed by atoms with Gasteiger partial charge in [-0.25, -0.2) is 4.79 Å². The lowest BCUT2D eigenvalue weighted by Crippen LogP contribution is -2.40. The predicted octanol–water partition coefficient (Wildman–Crippen LogP) is 4.34. The number of carbonyl (C=O) groups is 1. The maximum atomic E-state index is 11.6. The van der Waals surface area contributed by atoms with Crippen molar-refractivity contribution >= 4 is 11.8 Å². The maximum Gasteiger partial charge on any atom is 0.405 e. The number of nitrogens with zero attached hydrogens (tertiary/aromatic N) is 1. The van der Waals surface area contributed by atoms with E-state index in [4.69, 9.17) is 15.2 Å². The largest absolute Gasteiger partial charge is 0.490 e. The van der Waals surface area contributed by atoms with Gasteiger partial charge in [0.25, 0.3) is 0 Å².